The topological polar surface area (TPSA) is 47.0 Å². The summed E-state index contributed by atoms with van der Waals surface area (Å²) < 4.78 is 19.6. The van der Waals surface area contributed by atoms with E-state index in [-0.39, 0.29) is 11.6 Å². The van der Waals surface area contributed by atoms with Gasteiger partial charge >= 0.3 is 0 Å². The predicted octanol–water partition coefficient (Wildman–Crippen LogP) is 3.02. The van der Waals surface area contributed by atoms with Crippen molar-refractivity contribution < 1.29 is 9.13 Å². The molecule has 1 saturated carbocycles. The molecule has 2 rings (SSSR count). The molecule has 2 atom stereocenters. The zero-order chi connectivity index (χ0) is 14.0. The van der Waals surface area contributed by atoms with E-state index in [0.717, 1.165) is 19.3 Å². The fourth-order valence-corrected chi connectivity index (χ4v) is 2.91. The van der Waals surface area contributed by atoms with Gasteiger partial charge in [-0.2, -0.15) is 0 Å². The van der Waals surface area contributed by atoms with Crippen LogP contribution in [0.5, 0.6) is 0 Å². The zero-order valence-corrected chi connectivity index (χ0v) is 12.1. The highest BCUT2D eigenvalue weighted by atomic mass is 19.1. The second-order valence-electron chi connectivity index (χ2n) is 5.45. The summed E-state index contributed by atoms with van der Waals surface area (Å²) in [6.07, 6.45) is 4.06. The number of anilines is 1. The van der Waals surface area contributed by atoms with E-state index < -0.39 is 5.60 Å². The number of halogens is 1. The summed E-state index contributed by atoms with van der Waals surface area (Å²) >= 11 is 0. The van der Waals surface area contributed by atoms with Crippen molar-refractivity contribution in [3.63, 3.8) is 0 Å². The third kappa shape index (κ3) is 2.56. The number of rotatable bonds is 3. The Bertz CT molecular complexity index is 466. The summed E-state index contributed by atoms with van der Waals surface area (Å²) in [5, 5.41) is 2.79. The maximum absolute atomic E-state index is 13.8. The number of hydrogen-bond donors (Lipinski definition) is 1. The van der Waals surface area contributed by atoms with Crippen LogP contribution in [0.4, 0.5) is 10.2 Å². The molecule has 0 amide bonds. The minimum atomic E-state index is -0.471. The normalized spacial score (nSPS) is 27.3. The van der Waals surface area contributed by atoms with Crippen molar-refractivity contribution in [2.45, 2.75) is 45.1 Å². The molecule has 19 heavy (non-hydrogen) atoms. The number of ether oxygens (including phenoxy) is 1. The lowest BCUT2D eigenvalue weighted by atomic mass is 9.78. The minimum absolute atomic E-state index is 0.247. The molecule has 0 saturated heterocycles. The van der Waals surface area contributed by atoms with Gasteiger partial charge in [-0.3, -0.25) is 0 Å². The molecule has 5 heteroatoms. The molecule has 106 valence electrons. The van der Waals surface area contributed by atoms with Gasteiger partial charge in [-0.1, -0.05) is 13.3 Å². The number of nitrogens with zero attached hydrogens (tertiary/aromatic N) is 2. The van der Waals surface area contributed by atoms with Crippen LogP contribution >= 0.6 is 0 Å². The van der Waals surface area contributed by atoms with Crippen LogP contribution in [0.25, 0.3) is 0 Å². The van der Waals surface area contributed by atoms with Crippen LogP contribution in [-0.4, -0.2) is 24.1 Å². The van der Waals surface area contributed by atoms with Gasteiger partial charge in [-0.15, -0.1) is 0 Å². The van der Waals surface area contributed by atoms with Gasteiger partial charge in [0.25, 0.3) is 0 Å². The number of nitrogens with one attached hydrogen (secondary N) is 1. The van der Waals surface area contributed by atoms with Gasteiger partial charge in [-0.25, -0.2) is 14.4 Å². The highest BCUT2D eigenvalue weighted by Gasteiger charge is 2.40. The van der Waals surface area contributed by atoms with Crippen molar-refractivity contribution in [2.75, 3.05) is 19.5 Å². The lowest BCUT2D eigenvalue weighted by molar-refractivity contribution is -0.0647. The zero-order valence-electron chi connectivity index (χ0n) is 12.1. The fraction of sp³-hybridized carbons (Fsp3) is 0.714. The van der Waals surface area contributed by atoms with Gasteiger partial charge in [0, 0.05) is 14.2 Å². The molecule has 0 spiro atoms. The quantitative estimate of drug-likeness (QED) is 0.914. The fourth-order valence-electron chi connectivity index (χ4n) is 2.91. The number of methoxy groups -OCH3 is 1. The second kappa shape index (κ2) is 5.41. The molecule has 1 fully saturated rings. The van der Waals surface area contributed by atoms with Gasteiger partial charge in [0.05, 0.1) is 5.69 Å². The molecule has 0 aliphatic heterocycles. The molecule has 0 radical (unpaired) electrons. The summed E-state index contributed by atoms with van der Waals surface area (Å²) in [6, 6.07) is 0. The van der Waals surface area contributed by atoms with Crippen LogP contribution in [0, 0.1) is 18.7 Å². The minimum Gasteiger partial charge on any atom is -0.371 e. The first kappa shape index (κ1) is 14.2. The average molecular weight is 267 g/mol. The largest absolute Gasteiger partial charge is 0.371 e. The van der Waals surface area contributed by atoms with Crippen LogP contribution in [0.15, 0.2) is 0 Å². The van der Waals surface area contributed by atoms with E-state index in [4.69, 9.17) is 4.74 Å². The van der Waals surface area contributed by atoms with E-state index in [9.17, 15) is 4.39 Å². The Morgan fingerprint density at radius 1 is 1.42 bits per heavy atom. The standard InChI is InChI=1S/C14H22FN3O/c1-9-6-5-7-14(8-9,19-4)13-17-10(2)11(15)12(16-3)18-13/h9H,5-8H2,1-4H3,(H,16,17,18). The molecule has 0 bridgehead atoms. The van der Waals surface area contributed by atoms with Gasteiger partial charge in [0.15, 0.2) is 17.5 Å². The lowest BCUT2D eigenvalue weighted by Crippen LogP contribution is -2.36. The average Bonchev–Trinajstić information content (AvgIpc) is 2.41. The lowest BCUT2D eigenvalue weighted by Gasteiger charge is -2.37. The third-order valence-electron chi connectivity index (χ3n) is 4.01. The summed E-state index contributed by atoms with van der Waals surface area (Å²) in [5.74, 6) is 1.03. The van der Waals surface area contributed by atoms with Crippen LogP contribution in [0.3, 0.4) is 0 Å². The maximum Gasteiger partial charge on any atom is 0.186 e. The van der Waals surface area contributed by atoms with Gasteiger partial charge in [0.1, 0.15) is 5.60 Å². The van der Waals surface area contributed by atoms with E-state index in [1.165, 1.54) is 6.42 Å². The van der Waals surface area contributed by atoms with E-state index >= 15 is 0 Å². The monoisotopic (exact) mass is 267 g/mol. The van der Waals surface area contributed by atoms with Gasteiger partial charge in [0.2, 0.25) is 0 Å². The first-order valence-corrected chi connectivity index (χ1v) is 6.80. The summed E-state index contributed by atoms with van der Waals surface area (Å²) in [5.41, 5.74) is -0.106. The van der Waals surface area contributed by atoms with E-state index in [0.29, 0.717) is 17.4 Å². The van der Waals surface area contributed by atoms with Gasteiger partial charge < -0.3 is 10.1 Å². The predicted molar refractivity (Wildman–Crippen MR) is 72.6 cm³/mol. The molecule has 2 unspecified atom stereocenters. The summed E-state index contributed by atoms with van der Waals surface area (Å²) in [6.45, 7) is 3.87. The van der Waals surface area contributed by atoms with Crippen molar-refractivity contribution in [2.24, 2.45) is 5.92 Å². The Balaban J connectivity index is 2.46. The van der Waals surface area contributed by atoms with E-state index in [1.54, 1.807) is 21.1 Å². The molecule has 1 aromatic rings. The molecule has 1 N–H and O–H groups in total. The Morgan fingerprint density at radius 2 is 2.16 bits per heavy atom. The smallest absolute Gasteiger partial charge is 0.186 e. The Hall–Kier alpha value is -1.23. The molecular weight excluding hydrogens is 245 g/mol. The number of hydrogen-bond acceptors (Lipinski definition) is 4. The van der Waals surface area contributed by atoms with Crippen molar-refractivity contribution in [1.82, 2.24) is 9.97 Å². The van der Waals surface area contributed by atoms with Crippen LogP contribution < -0.4 is 5.32 Å². The summed E-state index contributed by atoms with van der Waals surface area (Å²) in [4.78, 5) is 8.66. The molecule has 4 nitrogen and oxygen atoms in total. The molecule has 0 aromatic carbocycles. The van der Waals surface area contributed by atoms with Gasteiger partial charge in [-0.05, 0) is 32.1 Å². The Kier molecular flexibility index (Phi) is 4.04. The maximum atomic E-state index is 13.8. The van der Waals surface area contributed by atoms with Crippen molar-refractivity contribution >= 4 is 5.82 Å². The highest BCUT2D eigenvalue weighted by molar-refractivity contribution is 5.38. The molecule has 1 heterocycles. The van der Waals surface area contributed by atoms with Crippen LogP contribution in [-0.2, 0) is 10.3 Å². The van der Waals surface area contributed by atoms with Crippen LogP contribution in [0.2, 0.25) is 0 Å². The van der Waals surface area contributed by atoms with E-state index in [2.05, 4.69) is 22.2 Å². The van der Waals surface area contributed by atoms with Crippen molar-refractivity contribution in [3.8, 4) is 0 Å². The third-order valence-corrected chi connectivity index (χ3v) is 4.01. The van der Waals surface area contributed by atoms with Crippen LogP contribution in [0.1, 0.15) is 44.1 Å². The number of aryl methyl sites for hydroxylation is 1. The Morgan fingerprint density at radius 3 is 2.74 bits per heavy atom. The first-order valence-electron chi connectivity index (χ1n) is 6.80. The highest BCUT2D eigenvalue weighted by Crippen LogP contribution is 2.41. The molecule has 1 aliphatic rings. The van der Waals surface area contributed by atoms with Crippen molar-refractivity contribution in [1.29, 1.82) is 0 Å². The number of aromatic nitrogens is 2. The van der Waals surface area contributed by atoms with Crippen molar-refractivity contribution in [3.05, 3.63) is 17.3 Å². The molecule has 1 aliphatic carbocycles. The SMILES string of the molecule is CNc1nc(C2(OC)CCCC(C)C2)nc(C)c1F. The molecule has 1 aromatic heterocycles. The van der Waals surface area contributed by atoms with E-state index in [1.807, 2.05) is 0 Å². The first-order chi connectivity index (χ1) is 9.02. The second-order valence-corrected chi connectivity index (χ2v) is 5.45. The molecular formula is C14H22FN3O. The summed E-state index contributed by atoms with van der Waals surface area (Å²) in [7, 11) is 3.36. The Labute approximate surface area is 113 Å².